The number of fused-ring (bicyclic) bond motifs is 1. The molecule has 4 aromatic rings. The van der Waals surface area contributed by atoms with E-state index in [1.165, 1.54) is 5.56 Å². The van der Waals surface area contributed by atoms with Crippen molar-refractivity contribution in [3.8, 4) is 11.4 Å². The lowest BCUT2D eigenvalue weighted by atomic mass is 10.1. The lowest BCUT2D eigenvalue weighted by Gasteiger charge is -2.31. The van der Waals surface area contributed by atoms with E-state index >= 15 is 0 Å². The minimum absolute atomic E-state index is 0.362. The number of aromatic nitrogens is 3. The molecule has 2 aromatic carbocycles. The van der Waals surface area contributed by atoms with Gasteiger partial charge in [0, 0.05) is 44.5 Å². The van der Waals surface area contributed by atoms with Gasteiger partial charge in [0.05, 0.1) is 10.2 Å². The molecule has 0 aliphatic heterocycles. The van der Waals surface area contributed by atoms with E-state index in [4.69, 9.17) is 10.7 Å². The molecule has 0 bridgehead atoms. The van der Waals surface area contributed by atoms with Crippen molar-refractivity contribution in [1.82, 2.24) is 19.9 Å². The largest absolute Gasteiger partial charge is 0.371 e. The first-order chi connectivity index (χ1) is 16.0. The first-order valence-corrected chi connectivity index (χ1v) is 12.1. The van der Waals surface area contributed by atoms with Gasteiger partial charge in [-0.15, -0.1) is 0 Å². The van der Waals surface area contributed by atoms with Crippen molar-refractivity contribution >= 4 is 32.8 Å². The molecule has 0 amide bonds. The molecule has 0 radical (unpaired) electrons. The normalized spacial score (nSPS) is 12.4. The number of imidazole rings is 1. The average molecular weight is 507 g/mol. The van der Waals surface area contributed by atoms with Crippen LogP contribution in [-0.2, 0) is 6.54 Å². The summed E-state index contributed by atoms with van der Waals surface area (Å²) in [6.45, 7) is 7.84. The summed E-state index contributed by atoms with van der Waals surface area (Å²) in [5.41, 5.74) is 11.9. The number of anilines is 1. The molecule has 33 heavy (non-hydrogen) atoms. The Balaban J connectivity index is 1.56. The van der Waals surface area contributed by atoms with Gasteiger partial charge < -0.3 is 15.6 Å². The standard InChI is InChI=1S/C26H31BrN6/c1-4-33(18(2)20-8-6-5-7-9-20)15-14-32(3)24-22(27)17-29-26-23(24)30-25(31-26)21-12-10-19(16-28)11-13-21/h5-13,17-18H,4,14-16,28H2,1-3H3,(H,29,30,31). The second-order valence-electron chi connectivity index (χ2n) is 8.28. The van der Waals surface area contributed by atoms with Gasteiger partial charge in [-0.3, -0.25) is 4.90 Å². The number of aromatic amines is 1. The second-order valence-corrected chi connectivity index (χ2v) is 9.13. The Bertz CT molecular complexity index is 1190. The van der Waals surface area contributed by atoms with Crippen LogP contribution in [0.15, 0.2) is 65.3 Å². The molecule has 3 N–H and O–H groups in total. The van der Waals surface area contributed by atoms with Crippen LogP contribution in [-0.4, -0.2) is 46.5 Å². The summed E-state index contributed by atoms with van der Waals surface area (Å²) < 4.78 is 0.949. The van der Waals surface area contributed by atoms with E-state index in [9.17, 15) is 0 Å². The van der Waals surface area contributed by atoms with Crippen molar-refractivity contribution in [3.63, 3.8) is 0 Å². The molecule has 0 aliphatic carbocycles. The predicted molar refractivity (Wildman–Crippen MR) is 140 cm³/mol. The summed E-state index contributed by atoms with van der Waals surface area (Å²) in [6.07, 6.45) is 1.83. The molecule has 4 rings (SSSR count). The van der Waals surface area contributed by atoms with Gasteiger partial charge in [-0.25, -0.2) is 9.97 Å². The molecule has 1 atom stereocenters. The maximum atomic E-state index is 5.73. The van der Waals surface area contributed by atoms with Gasteiger partial charge in [0.25, 0.3) is 0 Å². The number of benzene rings is 2. The van der Waals surface area contributed by atoms with Crippen LogP contribution in [0.3, 0.4) is 0 Å². The fourth-order valence-electron chi connectivity index (χ4n) is 4.19. The molecule has 1 unspecified atom stereocenters. The Morgan fingerprint density at radius 3 is 2.45 bits per heavy atom. The van der Waals surface area contributed by atoms with Crippen molar-refractivity contribution in [2.75, 3.05) is 31.6 Å². The third kappa shape index (κ3) is 5.11. The molecule has 6 nitrogen and oxygen atoms in total. The molecule has 7 heteroatoms. The lowest BCUT2D eigenvalue weighted by molar-refractivity contribution is 0.227. The molecule has 2 heterocycles. The summed E-state index contributed by atoms with van der Waals surface area (Å²) in [5, 5.41) is 0. The van der Waals surface area contributed by atoms with Gasteiger partial charge >= 0.3 is 0 Å². The van der Waals surface area contributed by atoms with Crippen molar-refractivity contribution in [2.24, 2.45) is 5.73 Å². The zero-order valence-corrected chi connectivity index (χ0v) is 21.0. The summed E-state index contributed by atoms with van der Waals surface area (Å²) in [5.74, 6) is 0.807. The first-order valence-electron chi connectivity index (χ1n) is 11.4. The van der Waals surface area contributed by atoms with Crippen LogP contribution in [0.25, 0.3) is 22.6 Å². The van der Waals surface area contributed by atoms with Crippen molar-refractivity contribution < 1.29 is 0 Å². The minimum atomic E-state index is 0.362. The topological polar surface area (TPSA) is 74.1 Å². The van der Waals surface area contributed by atoms with Crippen LogP contribution in [0.1, 0.15) is 31.0 Å². The number of nitrogens with two attached hydrogens (primary N) is 1. The number of nitrogens with one attached hydrogen (secondary N) is 1. The van der Waals surface area contributed by atoms with Gasteiger partial charge in [-0.05, 0) is 40.5 Å². The quantitative estimate of drug-likeness (QED) is 0.319. The highest BCUT2D eigenvalue weighted by Crippen LogP contribution is 2.33. The van der Waals surface area contributed by atoms with Crippen LogP contribution >= 0.6 is 15.9 Å². The van der Waals surface area contributed by atoms with Gasteiger partial charge in [0.2, 0.25) is 0 Å². The van der Waals surface area contributed by atoms with Crippen molar-refractivity contribution in [2.45, 2.75) is 26.4 Å². The Morgan fingerprint density at radius 1 is 1.06 bits per heavy atom. The van der Waals surface area contributed by atoms with Crippen LogP contribution in [0.2, 0.25) is 0 Å². The summed E-state index contributed by atoms with van der Waals surface area (Å²) >= 11 is 3.71. The zero-order chi connectivity index (χ0) is 23.4. The Labute approximate surface area is 204 Å². The Morgan fingerprint density at radius 2 is 1.79 bits per heavy atom. The minimum Gasteiger partial charge on any atom is -0.371 e. The number of nitrogens with zero attached hydrogens (tertiary/aromatic N) is 4. The van der Waals surface area contributed by atoms with Crippen LogP contribution < -0.4 is 10.6 Å². The molecule has 0 aliphatic rings. The predicted octanol–water partition coefficient (Wildman–Crippen LogP) is 5.37. The molecule has 0 spiro atoms. The molecular weight excluding hydrogens is 476 g/mol. The third-order valence-electron chi connectivity index (χ3n) is 6.25. The number of H-pyrrole nitrogens is 1. The van der Waals surface area contributed by atoms with Crippen LogP contribution in [0, 0.1) is 0 Å². The van der Waals surface area contributed by atoms with Gasteiger partial charge in [0.1, 0.15) is 11.3 Å². The number of rotatable bonds is 9. The van der Waals surface area contributed by atoms with E-state index in [0.717, 1.165) is 52.3 Å². The summed E-state index contributed by atoms with van der Waals surface area (Å²) in [6, 6.07) is 19.2. The monoisotopic (exact) mass is 506 g/mol. The highest BCUT2D eigenvalue weighted by atomic mass is 79.9. The van der Waals surface area contributed by atoms with Gasteiger partial charge in [-0.1, -0.05) is 61.5 Å². The van der Waals surface area contributed by atoms with E-state index in [0.29, 0.717) is 18.2 Å². The Kier molecular flexibility index (Phi) is 7.42. The number of likely N-dealkylation sites (N-methyl/N-ethyl adjacent to an activating group) is 2. The van der Waals surface area contributed by atoms with E-state index in [1.807, 2.05) is 30.5 Å². The first kappa shape index (κ1) is 23.4. The maximum Gasteiger partial charge on any atom is 0.180 e. The number of hydrogen-bond donors (Lipinski definition) is 2. The highest BCUT2D eigenvalue weighted by Gasteiger charge is 2.19. The number of pyridine rings is 1. The fourth-order valence-corrected chi connectivity index (χ4v) is 4.79. The molecule has 172 valence electrons. The van der Waals surface area contributed by atoms with E-state index < -0.39 is 0 Å². The molecule has 2 aromatic heterocycles. The van der Waals surface area contributed by atoms with Crippen molar-refractivity contribution in [1.29, 1.82) is 0 Å². The van der Waals surface area contributed by atoms with E-state index in [-0.39, 0.29) is 0 Å². The summed E-state index contributed by atoms with van der Waals surface area (Å²) in [4.78, 5) is 17.5. The molecular formula is C26H31BrN6. The lowest BCUT2D eigenvalue weighted by Crippen LogP contribution is -2.35. The van der Waals surface area contributed by atoms with Gasteiger partial charge in [0.15, 0.2) is 5.65 Å². The summed E-state index contributed by atoms with van der Waals surface area (Å²) in [7, 11) is 2.12. The fraction of sp³-hybridized carbons (Fsp3) is 0.308. The maximum absolute atomic E-state index is 5.73. The second kappa shape index (κ2) is 10.5. The Hall–Kier alpha value is -2.74. The zero-order valence-electron chi connectivity index (χ0n) is 19.4. The SMILES string of the molecule is CCN(CCN(C)c1c(Br)cnc2nc(-c3ccc(CN)cc3)[nH]c12)C(C)c1ccccc1. The molecule has 0 fully saturated rings. The third-order valence-corrected chi connectivity index (χ3v) is 6.83. The van der Waals surface area contributed by atoms with E-state index in [2.05, 4.69) is 86.9 Å². The van der Waals surface area contributed by atoms with Gasteiger partial charge in [-0.2, -0.15) is 0 Å². The molecule has 0 saturated heterocycles. The highest BCUT2D eigenvalue weighted by molar-refractivity contribution is 9.10. The van der Waals surface area contributed by atoms with Crippen LogP contribution in [0.5, 0.6) is 0 Å². The smallest absolute Gasteiger partial charge is 0.180 e. The molecule has 0 saturated carbocycles. The van der Waals surface area contributed by atoms with Crippen LogP contribution in [0.4, 0.5) is 5.69 Å². The number of halogens is 1. The average Bonchev–Trinajstić information content (AvgIpc) is 3.28. The van der Waals surface area contributed by atoms with Crippen molar-refractivity contribution in [3.05, 3.63) is 76.4 Å². The van der Waals surface area contributed by atoms with E-state index in [1.54, 1.807) is 0 Å². The number of hydrogen-bond acceptors (Lipinski definition) is 5.